The fourth-order valence-electron chi connectivity index (χ4n) is 1.71. The Bertz CT molecular complexity index is 581. The molecule has 4 nitrogen and oxygen atoms in total. The fourth-order valence-corrected chi connectivity index (χ4v) is 1.84. The molecule has 2 aromatic rings. The van der Waals surface area contributed by atoms with Crippen LogP contribution >= 0.6 is 11.6 Å². The van der Waals surface area contributed by atoms with Gasteiger partial charge in [-0.05, 0) is 42.0 Å². The van der Waals surface area contributed by atoms with E-state index < -0.39 is 0 Å². The monoisotopic (exact) mass is 305 g/mol. The van der Waals surface area contributed by atoms with Crippen LogP contribution in [0.25, 0.3) is 0 Å². The third-order valence-electron chi connectivity index (χ3n) is 2.73. The van der Waals surface area contributed by atoms with Gasteiger partial charge in [-0.2, -0.15) is 0 Å². The van der Waals surface area contributed by atoms with Gasteiger partial charge in [0, 0.05) is 17.8 Å². The van der Waals surface area contributed by atoms with Crippen LogP contribution in [0.15, 0.2) is 48.5 Å². The minimum atomic E-state index is -0.188. The second-order valence-corrected chi connectivity index (χ2v) is 4.86. The molecule has 21 heavy (non-hydrogen) atoms. The van der Waals surface area contributed by atoms with E-state index in [0.29, 0.717) is 17.3 Å². The minimum Gasteiger partial charge on any atom is -0.489 e. The molecule has 0 aromatic heterocycles. The Morgan fingerprint density at radius 2 is 1.76 bits per heavy atom. The van der Waals surface area contributed by atoms with E-state index in [2.05, 4.69) is 5.32 Å². The van der Waals surface area contributed by atoms with Gasteiger partial charge in [0.25, 0.3) is 0 Å². The summed E-state index contributed by atoms with van der Waals surface area (Å²) in [6.45, 7) is 0.501. The lowest BCUT2D eigenvalue weighted by atomic mass is 10.2. The summed E-state index contributed by atoms with van der Waals surface area (Å²) in [5.41, 5.74) is 1.74. The van der Waals surface area contributed by atoms with Crippen molar-refractivity contribution in [2.75, 3.05) is 19.0 Å². The van der Waals surface area contributed by atoms with Crippen LogP contribution < -0.4 is 10.1 Å². The molecule has 0 spiro atoms. The Hall–Kier alpha value is -2.04. The van der Waals surface area contributed by atoms with Gasteiger partial charge in [-0.3, -0.25) is 4.79 Å². The largest absolute Gasteiger partial charge is 0.489 e. The highest BCUT2D eigenvalue weighted by Crippen LogP contribution is 2.17. The summed E-state index contributed by atoms with van der Waals surface area (Å²) < 4.78 is 10.4. The van der Waals surface area contributed by atoms with E-state index in [1.165, 1.54) is 7.11 Å². The first-order valence-corrected chi connectivity index (χ1v) is 6.81. The van der Waals surface area contributed by atoms with E-state index in [1.807, 2.05) is 24.3 Å². The van der Waals surface area contributed by atoms with Crippen molar-refractivity contribution in [2.24, 2.45) is 0 Å². The predicted molar refractivity (Wildman–Crippen MR) is 82.7 cm³/mol. The quantitative estimate of drug-likeness (QED) is 0.888. The number of hydrogen-bond donors (Lipinski definition) is 1. The molecule has 5 heteroatoms. The van der Waals surface area contributed by atoms with Crippen molar-refractivity contribution in [1.82, 2.24) is 0 Å². The van der Waals surface area contributed by atoms with E-state index in [-0.39, 0.29) is 12.5 Å². The van der Waals surface area contributed by atoms with Crippen LogP contribution in [0, 0.1) is 0 Å². The maximum atomic E-state index is 11.4. The van der Waals surface area contributed by atoms with Gasteiger partial charge in [-0.25, -0.2) is 0 Å². The predicted octanol–water partition coefficient (Wildman–Crippen LogP) is 3.50. The van der Waals surface area contributed by atoms with Crippen LogP contribution in [-0.2, 0) is 16.1 Å². The Morgan fingerprint density at radius 3 is 2.38 bits per heavy atom. The molecule has 110 valence electrons. The molecule has 0 unspecified atom stereocenters. The smallest absolute Gasteiger partial charge is 0.250 e. The van der Waals surface area contributed by atoms with Gasteiger partial charge >= 0.3 is 0 Å². The molecule has 2 rings (SSSR count). The molecule has 0 atom stereocenters. The average Bonchev–Trinajstić information content (AvgIpc) is 2.48. The number of amides is 1. The molecule has 1 amide bonds. The maximum absolute atomic E-state index is 11.4. The lowest BCUT2D eigenvalue weighted by Gasteiger charge is -2.08. The van der Waals surface area contributed by atoms with Crippen LogP contribution in [0.3, 0.4) is 0 Å². The number of ether oxygens (including phenoxy) is 2. The van der Waals surface area contributed by atoms with Gasteiger partial charge in [0.15, 0.2) is 0 Å². The first-order chi connectivity index (χ1) is 10.2. The molecule has 0 aliphatic carbocycles. The molecule has 0 aliphatic heterocycles. The highest BCUT2D eigenvalue weighted by atomic mass is 35.5. The summed E-state index contributed by atoms with van der Waals surface area (Å²) in [6, 6.07) is 14.7. The van der Waals surface area contributed by atoms with Gasteiger partial charge < -0.3 is 14.8 Å². The lowest BCUT2D eigenvalue weighted by Crippen LogP contribution is -2.16. The van der Waals surface area contributed by atoms with Gasteiger partial charge in [0.1, 0.15) is 19.0 Å². The molecule has 2 aromatic carbocycles. The van der Waals surface area contributed by atoms with Crippen molar-refractivity contribution in [3.8, 4) is 5.75 Å². The third-order valence-corrected chi connectivity index (χ3v) is 2.98. The SMILES string of the molecule is COCC(=O)Nc1ccc(OCc2ccc(Cl)cc2)cc1. The highest BCUT2D eigenvalue weighted by Gasteiger charge is 2.02. The van der Waals surface area contributed by atoms with Crippen molar-refractivity contribution in [1.29, 1.82) is 0 Å². The molecule has 0 bridgehead atoms. The van der Waals surface area contributed by atoms with Crippen molar-refractivity contribution >= 4 is 23.2 Å². The van der Waals surface area contributed by atoms with Gasteiger partial charge in [-0.15, -0.1) is 0 Å². The van der Waals surface area contributed by atoms with Crippen LogP contribution in [0.2, 0.25) is 5.02 Å². The van der Waals surface area contributed by atoms with Gasteiger partial charge in [0.2, 0.25) is 5.91 Å². The molecule has 0 saturated carbocycles. The van der Waals surface area contributed by atoms with Crippen molar-refractivity contribution in [2.45, 2.75) is 6.61 Å². The number of carbonyl (C=O) groups is 1. The molecule has 1 N–H and O–H groups in total. The molecule has 0 saturated heterocycles. The molecule has 0 radical (unpaired) electrons. The second-order valence-electron chi connectivity index (χ2n) is 4.42. The van der Waals surface area contributed by atoms with E-state index >= 15 is 0 Å². The number of carbonyl (C=O) groups excluding carboxylic acids is 1. The zero-order valence-electron chi connectivity index (χ0n) is 11.6. The number of hydrogen-bond acceptors (Lipinski definition) is 3. The standard InChI is InChI=1S/C16H16ClNO3/c1-20-11-16(19)18-14-6-8-15(9-7-14)21-10-12-2-4-13(17)5-3-12/h2-9H,10-11H2,1H3,(H,18,19). The third kappa shape index (κ3) is 5.10. The zero-order chi connectivity index (χ0) is 15.1. The summed E-state index contributed by atoms with van der Waals surface area (Å²) in [4.78, 5) is 11.4. The Morgan fingerprint density at radius 1 is 1.10 bits per heavy atom. The van der Waals surface area contributed by atoms with Crippen molar-refractivity contribution < 1.29 is 14.3 Å². The van der Waals surface area contributed by atoms with Crippen molar-refractivity contribution in [3.63, 3.8) is 0 Å². The number of benzene rings is 2. The van der Waals surface area contributed by atoms with Crippen LogP contribution in [0.5, 0.6) is 5.75 Å². The molecule has 0 fully saturated rings. The summed E-state index contributed by atoms with van der Waals surface area (Å²) in [7, 11) is 1.48. The summed E-state index contributed by atoms with van der Waals surface area (Å²) >= 11 is 5.83. The van der Waals surface area contributed by atoms with E-state index in [0.717, 1.165) is 11.3 Å². The molecule has 0 heterocycles. The van der Waals surface area contributed by atoms with E-state index in [9.17, 15) is 4.79 Å². The first kappa shape index (κ1) is 15.4. The van der Waals surface area contributed by atoms with Crippen molar-refractivity contribution in [3.05, 3.63) is 59.1 Å². The number of anilines is 1. The highest BCUT2D eigenvalue weighted by molar-refractivity contribution is 6.30. The molecular weight excluding hydrogens is 290 g/mol. The first-order valence-electron chi connectivity index (χ1n) is 6.43. The minimum absolute atomic E-state index is 0.0365. The van der Waals surface area contributed by atoms with E-state index in [1.54, 1.807) is 24.3 Å². The lowest BCUT2D eigenvalue weighted by molar-refractivity contribution is -0.119. The molecule has 0 aliphatic rings. The number of halogens is 1. The topological polar surface area (TPSA) is 47.6 Å². The summed E-state index contributed by atoms with van der Waals surface area (Å²) in [5, 5.41) is 3.42. The van der Waals surface area contributed by atoms with Crippen LogP contribution in [0.4, 0.5) is 5.69 Å². The number of methoxy groups -OCH3 is 1. The Kier molecular flexibility index (Phi) is 5.60. The zero-order valence-corrected chi connectivity index (χ0v) is 12.4. The fraction of sp³-hybridized carbons (Fsp3) is 0.188. The normalized spacial score (nSPS) is 10.2. The second kappa shape index (κ2) is 7.67. The maximum Gasteiger partial charge on any atom is 0.250 e. The number of nitrogens with one attached hydrogen (secondary N) is 1. The Balaban J connectivity index is 1.87. The Labute approximate surface area is 128 Å². The summed E-state index contributed by atoms with van der Waals surface area (Å²) in [6.07, 6.45) is 0. The summed E-state index contributed by atoms with van der Waals surface area (Å²) in [5.74, 6) is 0.544. The van der Waals surface area contributed by atoms with E-state index in [4.69, 9.17) is 21.1 Å². The van der Waals surface area contributed by atoms with Crippen LogP contribution in [0.1, 0.15) is 5.56 Å². The average molecular weight is 306 g/mol. The van der Waals surface area contributed by atoms with Gasteiger partial charge in [-0.1, -0.05) is 23.7 Å². The van der Waals surface area contributed by atoms with Crippen LogP contribution in [-0.4, -0.2) is 19.6 Å². The van der Waals surface area contributed by atoms with Gasteiger partial charge in [0.05, 0.1) is 0 Å². The molecular formula is C16H16ClNO3. The number of rotatable bonds is 6.